The predicted molar refractivity (Wildman–Crippen MR) is 46.9 cm³/mol. The van der Waals surface area contributed by atoms with Gasteiger partial charge >= 0.3 is 0 Å². The summed E-state index contributed by atoms with van der Waals surface area (Å²) in [4.78, 5) is 22.1. The number of hydrogen-bond acceptors (Lipinski definition) is 2. The monoisotopic (exact) mass is 168 g/mol. The molecule has 12 heavy (non-hydrogen) atoms. The Balaban J connectivity index is 2.48. The smallest absolute Gasteiger partial charge is 0.138 e. The van der Waals surface area contributed by atoms with Gasteiger partial charge in [-0.1, -0.05) is 6.92 Å². The summed E-state index contributed by atoms with van der Waals surface area (Å²) in [5.74, 6) is 0.541. The molecule has 1 unspecified atom stereocenters. The van der Waals surface area contributed by atoms with Crippen molar-refractivity contribution in [1.29, 1.82) is 0 Å². The van der Waals surface area contributed by atoms with Gasteiger partial charge in [-0.25, -0.2) is 0 Å². The van der Waals surface area contributed by atoms with E-state index in [1.807, 2.05) is 6.92 Å². The Labute approximate surface area is 73.3 Å². The van der Waals surface area contributed by atoms with E-state index < -0.39 is 0 Å². The SMILES string of the molecule is CC(=O)CCC1(C)CCCC1=O. The van der Waals surface area contributed by atoms with Crippen molar-refractivity contribution in [1.82, 2.24) is 0 Å². The molecule has 0 amide bonds. The Morgan fingerprint density at radius 3 is 2.67 bits per heavy atom. The van der Waals surface area contributed by atoms with Crippen molar-refractivity contribution < 1.29 is 9.59 Å². The molecule has 1 fully saturated rings. The summed E-state index contributed by atoms with van der Waals surface area (Å²) < 4.78 is 0. The maximum atomic E-state index is 11.4. The van der Waals surface area contributed by atoms with Crippen molar-refractivity contribution in [3.05, 3.63) is 0 Å². The average Bonchev–Trinajstić information content (AvgIpc) is 2.30. The van der Waals surface area contributed by atoms with Crippen LogP contribution in [0.4, 0.5) is 0 Å². The lowest BCUT2D eigenvalue weighted by atomic mass is 9.82. The minimum Gasteiger partial charge on any atom is -0.300 e. The van der Waals surface area contributed by atoms with Crippen molar-refractivity contribution in [2.24, 2.45) is 5.41 Å². The van der Waals surface area contributed by atoms with Gasteiger partial charge in [-0.05, 0) is 26.2 Å². The van der Waals surface area contributed by atoms with Gasteiger partial charge in [-0.3, -0.25) is 4.79 Å². The van der Waals surface area contributed by atoms with Gasteiger partial charge < -0.3 is 4.79 Å². The van der Waals surface area contributed by atoms with Crippen LogP contribution in [0.1, 0.15) is 46.0 Å². The third-order valence-electron chi connectivity index (χ3n) is 2.83. The molecule has 0 aromatic rings. The molecule has 68 valence electrons. The van der Waals surface area contributed by atoms with Crippen molar-refractivity contribution in [2.75, 3.05) is 0 Å². The fraction of sp³-hybridized carbons (Fsp3) is 0.800. The van der Waals surface area contributed by atoms with Crippen molar-refractivity contribution in [2.45, 2.75) is 46.0 Å². The van der Waals surface area contributed by atoms with E-state index in [0.717, 1.165) is 19.3 Å². The van der Waals surface area contributed by atoms with Crippen LogP contribution in [0.3, 0.4) is 0 Å². The third-order valence-corrected chi connectivity index (χ3v) is 2.83. The van der Waals surface area contributed by atoms with Crippen LogP contribution in [0.2, 0.25) is 0 Å². The van der Waals surface area contributed by atoms with Crippen molar-refractivity contribution >= 4 is 11.6 Å². The number of carbonyl (C=O) groups is 2. The lowest BCUT2D eigenvalue weighted by Gasteiger charge is -2.20. The van der Waals surface area contributed by atoms with Gasteiger partial charge in [-0.2, -0.15) is 0 Å². The highest BCUT2D eigenvalue weighted by Crippen LogP contribution is 2.38. The molecular weight excluding hydrogens is 152 g/mol. The van der Waals surface area contributed by atoms with Crippen LogP contribution in [0.5, 0.6) is 0 Å². The van der Waals surface area contributed by atoms with Crippen LogP contribution in [0.25, 0.3) is 0 Å². The molecule has 1 aliphatic rings. The minimum atomic E-state index is -0.175. The van der Waals surface area contributed by atoms with E-state index >= 15 is 0 Å². The van der Waals surface area contributed by atoms with Gasteiger partial charge in [0.25, 0.3) is 0 Å². The number of rotatable bonds is 3. The largest absolute Gasteiger partial charge is 0.300 e. The summed E-state index contributed by atoms with van der Waals surface area (Å²) in [6.45, 7) is 3.58. The molecule has 1 saturated carbocycles. The van der Waals surface area contributed by atoms with Gasteiger partial charge in [0.05, 0.1) is 0 Å². The van der Waals surface area contributed by atoms with Crippen molar-refractivity contribution in [3.63, 3.8) is 0 Å². The van der Waals surface area contributed by atoms with E-state index in [9.17, 15) is 9.59 Å². The predicted octanol–water partition coefficient (Wildman–Crippen LogP) is 2.11. The van der Waals surface area contributed by atoms with Crippen LogP contribution in [0.15, 0.2) is 0 Å². The quantitative estimate of drug-likeness (QED) is 0.646. The van der Waals surface area contributed by atoms with E-state index in [4.69, 9.17) is 0 Å². The average molecular weight is 168 g/mol. The zero-order valence-corrected chi connectivity index (χ0v) is 7.85. The summed E-state index contributed by atoms with van der Waals surface area (Å²) in [5, 5.41) is 0. The first kappa shape index (κ1) is 9.43. The van der Waals surface area contributed by atoms with Gasteiger partial charge in [0.1, 0.15) is 11.6 Å². The molecule has 0 N–H and O–H groups in total. The zero-order chi connectivity index (χ0) is 9.19. The van der Waals surface area contributed by atoms with Crippen LogP contribution in [0, 0.1) is 5.41 Å². The molecule has 2 heteroatoms. The minimum absolute atomic E-state index is 0.175. The molecule has 2 nitrogen and oxygen atoms in total. The molecule has 0 aromatic heterocycles. The van der Waals surface area contributed by atoms with E-state index in [-0.39, 0.29) is 11.2 Å². The summed E-state index contributed by atoms with van der Waals surface area (Å²) >= 11 is 0. The maximum absolute atomic E-state index is 11.4. The highest BCUT2D eigenvalue weighted by atomic mass is 16.1. The number of hydrogen-bond donors (Lipinski definition) is 0. The molecule has 0 radical (unpaired) electrons. The van der Waals surface area contributed by atoms with E-state index in [1.54, 1.807) is 6.92 Å². The van der Waals surface area contributed by atoms with Crippen LogP contribution >= 0.6 is 0 Å². The van der Waals surface area contributed by atoms with E-state index in [0.29, 0.717) is 18.6 Å². The maximum Gasteiger partial charge on any atom is 0.138 e. The molecule has 1 atom stereocenters. The number of carbonyl (C=O) groups excluding carboxylic acids is 2. The van der Waals surface area contributed by atoms with Crippen LogP contribution in [-0.2, 0) is 9.59 Å². The first-order chi connectivity index (χ1) is 5.54. The molecule has 0 aromatic carbocycles. The van der Waals surface area contributed by atoms with Crippen LogP contribution < -0.4 is 0 Å². The Bertz CT molecular complexity index is 208. The lowest BCUT2D eigenvalue weighted by Crippen LogP contribution is -2.22. The topological polar surface area (TPSA) is 34.1 Å². The summed E-state index contributed by atoms with van der Waals surface area (Å²) in [7, 11) is 0. The standard InChI is InChI=1S/C10H16O2/c1-8(11)5-7-10(2)6-3-4-9(10)12/h3-7H2,1-2H3. The highest BCUT2D eigenvalue weighted by molar-refractivity contribution is 5.87. The molecule has 0 spiro atoms. The lowest BCUT2D eigenvalue weighted by molar-refractivity contribution is -0.126. The molecular formula is C10H16O2. The Hall–Kier alpha value is -0.660. The normalized spacial score (nSPS) is 29.3. The first-order valence-corrected chi connectivity index (χ1v) is 4.57. The van der Waals surface area contributed by atoms with Gasteiger partial charge in [0, 0.05) is 18.3 Å². The second-order valence-corrected chi connectivity index (χ2v) is 4.04. The number of Topliss-reactive ketones (excluding diaryl/α,β-unsaturated/α-hetero) is 2. The molecule has 1 rings (SSSR count). The summed E-state index contributed by atoms with van der Waals surface area (Å²) in [6, 6.07) is 0. The zero-order valence-electron chi connectivity index (χ0n) is 7.85. The van der Waals surface area contributed by atoms with Gasteiger partial charge in [0.15, 0.2) is 0 Å². The fourth-order valence-corrected chi connectivity index (χ4v) is 1.80. The second kappa shape index (κ2) is 3.38. The van der Waals surface area contributed by atoms with Crippen LogP contribution in [-0.4, -0.2) is 11.6 Å². The molecule has 0 saturated heterocycles. The summed E-state index contributed by atoms with van der Waals surface area (Å²) in [6.07, 6.45) is 4.00. The second-order valence-electron chi connectivity index (χ2n) is 4.04. The fourth-order valence-electron chi connectivity index (χ4n) is 1.80. The van der Waals surface area contributed by atoms with Gasteiger partial charge in [0.2, 0.25) is 0 Å². The van der Waals surface area contributed by atoms with E-state index in [1.165, 1.54) is 0 Å². The van der Waals surface area contributed by atoms with Gasteiger partial charge in [-0.15, -0.1) is 0 Å². The van der Waals surface area contributed by atoms with Crippen molar-refractivity contribution in [3.8, 4) is 0 Å². The Morgan fingerprint density at radius 2 is 2.25 bits per heavy atom. The first-order valence-electron chi connectivity index (χ1n) is 4.57. The highest BCUT2D eigenvalue weighted by Gasteiger charge is 2.36. The Morgan fingerprint density at radius 1 is 1.58 bits per heavy atom. The van der Waals surface area contributed by atoms with E-state index in [2.05, 4.69) is 0 Å². The molecule has 0 heterocycles. The molecule has 0 aliphatic heterocycles. The summed E-state index contributed by atoms with van der Waals surface area (Å²) in [5.41, 5.74) is -0.175. The molecule has 0 bridgehead atoms. The Kier molecular flexibility index (Phi) is 2.65. The third kappa shape index (κ3) is 1.93. The molecule has 1 aliphatic carbocycles. The number of ketones is 2.